The molecule has 124 valence electrons. The maximum Gasteiger partial charge on any atom is 0.244 e. The standard InChI is InChI=1S/C15H24N2O4S/c1-6-17(7-2)15(18)12(4)16-22(19,20)14-10-11(3)8-9-13(14)21-5/h8-10,12,16H,6-7H2,1-5H3/t12-/m1/s1. The quantitative estimate of drug-likeness (QED) is 0.824. The number of nitrogens with zero attached hydrogens (tertiary/aromatic N) is 1. The molecule has 0 radical (unpaired) electrons. The van der Waals surface area contributed by atoms with Crippen molar-refractivity contribution in [2.24, 2.45) is 0 Å². The van der Waals surface area contributed by atoms with Gasteiger partial charge in [0.05, 0.1) is 13.2 Å². The highest BCUT2D eigenvalue weighted by Gasteiger charge is 2.26. The van der Waals surface area contributed by atoms with Crippen LogP contribution in [0.25, 0.3) is 0 Å². The Morgan fingerprint density at radius 2 is 1.91 bits per heavy atom. The Bertz CT molecular complexity index is 624. The number of carbonyl (C=O) groups excluding carboxylic acids is 1. The molecule has 1 N–H and O–H groups in total. The van der Waals surface area contributed by atoms with Crippen molar-refractivity contribution in [3.05, 3.63) is 23.8 Å². The van der Waals surface area contributed by atoms with Crippen LogP contribution >= 0.6 is 0 Å². The predicted molar refractivity (Wildman–Crippen MR) is 85.4 cm³/mol. The summed E-state index contributed by atoms with van der Waals surface area (Å²) in [7, 11) is -2.43. The smallest absolute Gasteiger partial charge is 0.244 e. The number of nitrogens with one attached hydrogen (secondary N) is 1. The van der Waals surface area contributed by atoms with Gasteiger partial charge in [-0.05, 0) is 45.4 Å². The van der Waals surface area contributed by atoms with Crippen molar-refractivity contribution >= 4 is 15.9 Å². The third-order valence-corrected chi connectivity index (χ3v) is 4.95. The molecule has 1 aromatic rings. The monoisotopic (exact) mass is 328 g/mol. The van der Waals surface area contributed by atoms with Crippen molar-refractivity contribution < 1.29 is 17.9 Å². The van der Waals surface area contributed by atoms with Crippen LogP contribution in [0.5, 0.6) is 5.75 Å². The van der Waals surface area contributed by atoms with Gasteiger partial charge in [-0.15, -0.1) is 0 Å². The fourth-order valence-corrected chi connectivity index (χ4v) is 3.60. The molecule has 1 rings (SSSR count). The van der Waals surface area contributed by atoms with E-state index in [1.165, 1.54) is 13.2 Å². The molecule has 0 aliphatic heterocycles. The highest BCUT2D eigenvalue weighted by atomic mass is 32.2. The fraction of sp³-hybridized carbons (Fsp3) is 0.533. The first-order valence-corrected chi connectivity index (χ1v) is 8.70. The van der Waals surface area contributed by atoms with Gasteiger partial charge in [-0.25, -0.2) is 8.42 Å². The summed E-state index contributed by atoms with van der Waals surface area (Å²) in [5, 5.41) is 0. The molecule has 6 nitrogen and oxygen atoms in total. The van der Waals surface area contributed by atoms with E-state index in [2.05, 4.69) is 4.72 Å². The lowest BCUT2D eigenvalue weighted by Gasteiger charge is -2.23. The van der Waals surface area contributed by atoms with Gasteiger partial charge in [0.25, 0.3) is 0 Å². The highest BCUT2D eigenvalue weighted by molar-refractivity contribution is 7.89. The maximum absolute atomic E-state index is 12.5. The van der Waals surface area contributed by atoms with Gasteiger partial charge in [-0.3, -0.25) is 4.79 Å². The topological polar surface area (TPSA) is 75.7 Å². The molecule has 0 spiro atoms. The SMILES string of the molecule is CCN(CC)C(=O)[C@@H](C)NS(=O)(=O)c1cc(C)ccc1OC. The first-order chi connectivity index (χ1) is 10.3. The van der Waals surface area contributed by atoms with Gasteiger partial charge < -0.3 is 9.64 Å². The van der Waals surface area contributed by atoms with Crippen molar-refractivity contribution in [3.8, 4) is 5.75 Å². The Morgan fingerprint density at radius 3 is 2.41 bits per heavy atom. The average molecular weight is 328 g/mol. The predicted octanol–water partition coefficient (Wildman–Crippen LogP) is 1.54. The average Bonchev–Trinajstić information content (AvgIpc) is 2.47. The molecule has 0 fully saturated rings. The maximum atomic E-state index is 12.5. The lowest BCUT2D eigenvalue weighted by molar-refractivity contribution is -0.132. The van der Waals surface area contributed by atoms with E-state index >= 15 is 0 Å². The molecule has 1 amide bonds. The molecule has 0 saturated carbocycles. The third-order valence-electron chi connectivity index (χ3n) is 3.39. The normalized spacial score (nSPS) is 12.8. The van der Waals surface area contributed by atoms with E-state index in [1.807, 2.05) is 13.8 Å². The fourth-order valence-electron chi connectivity index (χ4n) is 2.15. The van der Waals surface area contributed by atoms with Gasteiger partial charge in [-0.2, -0.15) is 4.72 Å². The lowest BCUT2D eigenvalue weighted by atomic mass is 10.2. The van der Waals surface area contributed by atoms with E-state index in [-0.39, 0.29) is 16.6 Å². The molecular formula is C15H24N2O4S. The minimum absolute atomic E-state index is 0.0363. The Balaban J connectivity index is 3.06. The number of methoxy groups -OCH3 is 1. The first-order valence-electron chi connectivity index (χ1n) is 7.22. The van der Waals surface area contributed by atoms with Crippen LogP contribution in [0.4, 0.5) is 0 Å². The molecule has 0 aliphatic carbocycles. The van der Waals surface area contributed by atoms with Crippen LogP contribution in [0.1, 0.15) is 26.3 Å². The van der Waals surface area contributed by atoms with Crippen LogP contribution in [0.2, 0.25) is 0 Å². The van der Waals surface area contributed by atoms with Gasteiger partial charge in [0.1, 0.15) is 10.6 Å². The van der Waals surface area contributed by atoms with Crippen molar-refractivity contribution in [1.29, 1.82) is 0 Å². The molecule has 0 aliphatic rings. The van der Waals surface area contributed by atoms with Crippen molar-refractivity contribution in [1.82, 2.24) is 9.62 Å². The molecule has 0 aromatic heterocycles. The number of benzene rings is 1. The summed E-state index contributed by atoms with van der Waals surface area (Å²) >= 11 is 0. The molecule has 1 aromatic carbocycles. The van der Waals surface area contributed by atoms with E-state index in [0.717, 1.165) is 5.56 Å². The summed E-state index contributed by atoms with van der Waals surface area (Å²) < 4.78 is 32.6. The van der Waals surface area contributed by atoms with Gasteiger partial charge in [0.15, 0.2) is 0 Å². The van der Waals surface area contributed by atoms with E-state index in [4.69, 9.17) is 4.74 Å². The highest BCUT2D eigenvalue weighted by Crippen LogP contribution is 2.24. The molecule has 1 atom stereocenters. The van der Waals surface area contributed by atoms with E-state index < -0.39 is 16.1 Å². The summed E-state index contributed by atoms with van der Waals surface area (Å²) in [6.07, 6.45) is 0. The van der Waals surface area contributed by atoms with Crippen molar-refractivity contribution in [2.45, 2.75) is 38.6 Å². The van der Waals surface area contributed by atoms with Crippen molar-refractivity contribution in [2.75, 3.05) is 20.2 Å². The summed E-state index contributed by atoms with van der Waals surface area (Å²) in [4.78, 5) is 13.8. The van der Waals surface area contributed by atoms with Crippen LogP contribution in [0.15, 0.2) is 23.1 Å². The zero-order valence-corrected chi connectivity index (χ0v) is 14.5. The first kappa shape index (κ1) is 18.4. The lowest BCUT2D eigenvalue weighted by Crippen LogP contribution is -2.46. The summed E-state index contributed by atoms with van der Waals surface area (Å²) in [6, 6.07) is 4.05. The molecule has 22 heavy (non-hydrogen) atoms. The number of hydrogen-bond acceptors (Lipinski definition) is 4. The Labute approximate surface area is 132 Å². The molecular weight excluding hydrogens is 304 g/mol. The molecule has 7 heteroatoms. The van der Waals surface area contributed by atoms with E-state index in [0.29, 0.717) is 13.1 Å². The second kappa shape index (κ2) is 7.60. The second-order valence-electron chi connectivity index (χ2n) is 5.01. The number of hydrogen-bond donors (Lipinski definition) is 1. The number of sulfonamides is 1. The zero-order chi connectivity index (χ0) is 16.9. The largest absolute Gasteiger partial charge is 0.495 e. The van der Waals surface area contributed by atoms with Crippen molar-refractivity contribution in [3.63, 3.8) is 0 Å². The number of amides is 1. The zero-order valence-electron chi connectivity index (χ0n) is 13.7. The molecule has 0 bridgehead atoms. The Hall–Kier alpha value is -1.60. The Kier molecular flexibility index (Phi) is 6.37. The number of ether oxygens (including phenoxy) is 1. The summed E-state index contributed by atoms with van der Waals surface area (Å²) in [5.41, 5.74) is 0.795. The molecule has 0 unspecified atom stereocenters. The second-order valence-corrected chi connectivity index (χ2v) is 6.69. The minimum atomic E-state index is -3.84. The van der Waals surface area contributed by atoms with Crippen LogP contribution < -0.4 is 9.46 Å². The molecule has 0 heterocycles. The Morgan fingerprint density at radius 1 is 1.32 bits per heavy atom. The van der Waals surface area contributed by atoms with Crippen LogP contribution in [-0.2, 0) is 14.8 Å². The number of carbonyl (C=O) groups is 1. The van der Waals surface area contributed by atoms with Gasteiger partial charge in [0.2, 0.25) is 15.9 Å². The van der Waals surface area contributed by atoms with Gasteiger partial charge in [0, 0.05) is 13.1 Å². The van der Waals surface area contributed by atoms with E-state index in [9.17, 15) is 13.2 Å². The van der Waals surface area contributed by atoms with Crippen LogP contribution in [-0.4, -0.2) is 45.5 Å². The van der Waals surface area contributed by atoms with E-state index in [1.54, 1.807) is 30.9 Å². The summed E-state index contributed by atoms with van der Waals surface area (Å²) in [6.45, 7) is 8.12. The summed E-state index contributed by atoms with van der Waals surface area (Å²) in [5.74, 6) is 0.000725. The number of likely N-dealkylation sites (N-methyl/N-ethyl adjacent to an activating group) is 1. The third kappa shape index (κ3) is 4.20. The van der Waals surface area contributed by atoms with Crippen LogP contribution in [0, 0.1) is 6.92 Å². The van der Waals surface area contributed by atoms with Gasteiger partial charge >= 0.3 is 0 Å². The number of rotatable bonds is 7. The number of aryl methyl sites for hydroxylation is 1. The minimum Gasteiger partial charge on any atom is -0.495 e. The van der Waals surface area contributed by atoms with Crippen LogP contribution in [0.3, 0.4) is 0 Å². The van der Waals surface area contributed by atoms with Gasteiger partial charge in [-0.1, -0.05) is 6.07 Å². The molecule has 0 saturated heterocycles.